The number of aryl methyl sites for hydroxylation is 2. The second-order valence-corrected chi connectivity index (χ2v) is 5.96. The summed E-state index contributed by atoms with van der Waals surface area (Å²) >= 11 is 0. The van der Waals surface area contributed by atoms with Crippen molar-refractivity contribution in [3.63, 3.8) is 0 Å². The molecule has 3 rings (SSSR count). The molecular formula is C18H19N5O3. The molecule has 0 aliphatic carbocycles. The minimum atomic E-state index is -0.556. The summed E-state index contributed by atoms with van der Waals surface area (Å²) in [6.07, 6.45) is 2.08. The molecule has 134 valence electrons. The highest BCUT2D eigenvalue weighted by atomic mass is 16.2. The third-order valence-corrected chi connectivity index (χ3v) is 3.92. The van der Waals surface area contributed by atoms with Crippen molar-refractivity contribution in [2.45, 2.75) is 33.4 Å². The van der Waals surface area contributed by atoms with Gasteiger partial charge in [0.25, 0.3) is 11.5 Å². The lowest BCUT2D eigenvalue weighted by molar-refractivity contribution is 0.0950. The number of pyridine rings is 2. The Morgan fingerprint density at radius 3 is 2.85 bits per heavy atom. The summed E-state index contributed by atoms with van der Waals surface area (Å²) in [5, 5.41) is 2.96. The van der Waals surface area contributed by atoms with Gasteiger partial charge in [-0.2, -0.15) is 0 Å². The molecular weight excluding hydrogens is 334 g/mol. The van der Waals surface area contributed by atoms with E-state index in [0.717, 1.165) is 11.4 Å². The van der Waals surface area contributed by atoms with Crippen LogP contribution in [0.1, 0.15) is 35.1 Å². The lowest BCUT2D eigenvalue weighted by atomic mass is 10.2. The van der Waals surface area contributed by atoms with E-state index in [1.54, 1.807) is 0 Å². The van der Waals surface area contributed by atoms with E-state index in [1.165, 1.54) is 16.8 Å². The van der Waals surface area contributed by atoms with Gasteiger partial charge in [0.15, 0.2) is 0 Å². The molecule has 3 aromatic heterocycles. The van der Waals surface area contributed by atoms with Gasteiger partial charge >= 0.3 is 5.69 Å². The van der Waals surface area contributed by atoms with Gasteiger partial charge in [-0.1, -0.05) is 13.0 Å². The molecule has 8 heteroatoms. The van der Waals surface area contributed by atoms with E-state index in [2.05, 4.69) is 20.3 Å². The molecule has 3 aromatic rings. The van der Waals surface area contributed by atoms with Crippen LogP contribution in [0.15, 0.2) is 40.1 Å². The van der Waals surface area contributed by atoms with Crippen LogP contribution in [0.5, 0.6) is 0 Å². The van der Waals surface area contributed by atoms with Gasteiger partial charge in [0.1, 0.15) is 5.65 Å². The van der Waals surface area contributed by atoms with Crippen molar-refractivity contribution in [1.29, 1.82) is 0 Å². The molecule has 8 nitrogen and oxygen atoms in total. The van der Waals surface area contributed by atoms with Crippen LogP contribution in [0.2, 0.25) is 0 Å². The number of amides is 1. The Morgan fingerprint density at radius 2 is 2.12 bits per heavy atom. The first-order chi connectivity index (χ1) is 12.5. The molecule has 0 aromatic carbocycles. The number of H-pyrrole nitrogens is 1. The summed E-state index contributed by atoms with van der Waals surface area (Å²) in [7, 11) is 0. The van der Waals surface area contributed by atoms with Crippen LogP contribution in [-0.2, 0) is 13.1 Å². The lowest BCUT2D eigenvalue weighted by Gasteiger charge is -2.09. The Kier molecular flexibility index (Phi) is 4.92. The minimum absolute atomic E-state index is 0.208. The number of rotatable bonds is 5. The Balaban J connectivity index is 1.90. The van der Waals surface area contributed by atoms with E-state index in [1.807, 2.05) is 32.0 Å². The molecule has 2 N–H and O–H groups in total. The highest BCUT2D eigenvalue weighted by molar-refractivity contribution is 5.96. The van der Waals surface area contributed by atoms with Crippen molar-refractivity contribution < 1.29 is 4.79 Å². The smallest absolute Gasteiger partial charge is 0.329 e. The maximum atomic E-state index is 12.4. The molecule has 0 saturated carbocycles. The number of nitrogens with zero attached hydrogens (tertiary/aromatic N) is 3. The van der Waals surface area contributed by atoms with Crippen LogP contribution < -0.4 is 16.6 Å². The van der Waals surface area contributed by atoms with Crippen molar-refractivity contribution >= 4 is 16.9 Å². The monoisotopic (exact) mass is 353 g/mol. The predicted octanol–water partition coefficient (Wildman–Crippen LogP) is 1.13. The largest absolute Gasteiger partial charge is 0.346 e. The molecule has 1 amide bonds. The second kappa shape index (κ2) is 7.30. The third-order valence-electron chi connectivity index (χ3n) is 3.92. The first kappa shape index (κ1) is 17.5. The summed E-state index contributed by atoms with van der Waals surface area (Å²) in [4.78, 5) is 47.2. The second-order valence-electron chi connectivity index (χ2n) is 5.96. The number of fused-ring (bicyclic) bond motifs is 1. The summed E-state index contributed by atoms with van der Waals surface area (Å²) in [6, 6.07) is 7.01. The van der Waals surface area contributed by atoms with E-state index in [4.69, 9.17) is 0 Å². The zero-order valence-corrected chi connectivity index (χ0v) is 14.6. The zero-order valence-electron chi connectivity index (χ0n) is 14.6. The summed E-state index contributed by atoms with van der Waals surface area (Å²) in [5.74, 6) is -0.365. The number of carbonyl (C=O) groups is 1. The van der Waals surface area contributed by atoms with Gasteiger partial charge in [-0.25, -0.2) is 9.78 Å². The fourth-order valence-electron chi connectivity index (χ4n) is 2.69. The van der Waals surface area contributed by atoms with Crippen LogP contribution in [0.4, 0.5) is 0 Å². The minimum Gasteiger partial charge on any atom is -0.346 e. The highest BCUT2D eigenvalue weighted by Crippen LogP contribution is 2.09. The first-order valence-corrected chi connectivity index (χ1v) is 8.33. The number of aromatic amines is 1. The van der Waals surface area contributed by atoms with Gasteiger partial charge < -0.3 is 5.32 Å². The number of carbonyl (C=O) groups excluding carboxylic acids is 1. The molecule has 0 fully saturated rings. The molecule has 0 atom stereocenters. The van der Waals surface area contributed by atoms with E-state index < -0.39 is 11.2 Å². The SMILES string of the molecule is CCCn1c(=O)[nH]c(=O)c2cc(C(=O)NCc3cccc(C)n3)cnc21. The summed E-state index contributed by atoms with van der Waals surface area (Å²) in [5.41, 5.74) is 1.07. The Hall–Kier alpha value is -3.29. The number of hydrogen-bond donors (Lipinski definition) is 2. The highest BCUT2D eigenvalue weighted by Gasteiger charge is 2.13. The Morgan fingerprint density at radius 1 is 1.31 bits per heavy atom. The molecule has 0 saturated heterocycles. The van der Waals surface area contributed by atoms with E-state index in [0.29, 0.717) is 13.0 Å². The van der Waals surface area contributed by atoms with Crippen molar-refractivity contribution in [3.05, 3.63) is 68.3 Å². The number of hydrogen-bond acceptors (Lipinski definition) is 5. The predicted molar refractivity (Wildman–Crippen MR) is 97.1 cm³/mol. The van der Waals surface area contributed by atoms with Gasteiger partial charge in [0.05, 0.1) is 23.2 Å². The normalized spacial score (nSPS) is 10.8. The van der Waals surface area contributed by atoms with E-state index >= 15 is 0 Å². The van der Waals surface area contributed by atoms with Crippen LogP contribution >= 0.6 is 0 Å². The van der Waals surface area contributed by atoms with Crippen LogP contribution in [0, 0.1) is 6.92 Å². The molecule has 0 aliphatic rings. The molecule has 0 spiro atoms. The molecule has 3 heterocycles. The number of aromatic nitrogens is 4. The third kappa shape index (κ3) is 3.53. The fourth-order valence-corrected chi connectivity index (χ4v) is 2.69. The van der Waals surface area contributed by atoms with Crippen molar-refractivity contribution in [1.82, 2.24) is 24.8 Å². The first-order valence-electron chi connectivity index (χ1n) is 8.33. The summed E-state index contributed by atoms with van der Waals surface area (Å²) < 4.78 is 1.40. The van der Waals surface area contributed by atoms with Crippen molar-refractivity contribution in [2.75, 3.05) is 0 Å². The Bertz CT molecular complexity index is 1080. The van der Waals surface area contributed by atoms with Crippen LogP contribution in [-0.4, -0.2) is 25.4 Å². The zero-order chi connectivity index (χ0) is 18.7. The van der Waals surface area contributed by atoms with E-state index in [9.17, 15) is 14.4 Å². The van der Waals surface area contributed by atoms with Crippen LogP contribution in [0.3, 0.4) is 0 Å². The molecule has 0 bridgehead atoms. The van der Waals surface area contributed by atoms with Crippen molar-refractivity contribution in [3.8, 4) is 0 Å². The molecule has 0 aliphatic heterocycles. The van der Waals surface area contributed by atoms with Crippen molar-refractivity contribution in [2.24, 2.45) is 0 Å². The standard InChI is InChI=1S/C18H19N5O3/c1-3-7-23-15-14(17(25)22-18(23)26)8-12(9-19-15)16(24)20-10-13-6-4-5-11(2)21-13/h4-6,8-9H,3,7,10H2,1-2H3,(H,20,24)(H,22,25,26). The van der Waals surface area contributed by atoms with Gasteiger partial charge in [-0.3, -0.25) is 24.1 Å². The van der Waals surface area contributed by atoms with Crippen LogP contribution in [0.25, 0.3) is 11.0 Å². The van der Waals surface area contributed by atoms with Gasteiger partial charge in [0, 0.05) is 18.4 Å². The average Bonchev–Trinajstić information content (AvgIpc) is 2.63. The maximum absolute atomic E-state index is 12.4. The number of nitrogens with one attached hydrogen (secondary N) is 2. The fraction of sp³-hybridized carbons (Fsp3) is 0.278. The van der Waals surface area contributed by atoms with Gasteiger partial charge in [0.2, 0.25) is 0 Å². The molecule has 0 unspecified atom stereocenters. The van der Waals surface area contributed by atoms with Gasteiger partial charge in [-0.05, 0) is 31.5 Å². The topological polar surface area (TPSA) is 110 Å². The lowest BCUT2D eigenvalue weighted by Crippen LogP contribution is -2.31. The Labute approximate surface area is 148 Å². The maximum Gasteiger partial charge on any atom is 0.329 e. The molecule has 26 heavy (non-hydrogen) atoms. The molecule has 0 radical (unpaired) electrons. The summed E-state index contributed by atoms with van der Waals surface area (Å²) in [6.45, 7) is 4.50. The van der Waals surface area contributed by atoms with E-state index in [-0.39, 0.29) is 29.0 Å². The quantitative estimate of drug-likeness (QED) is 0.714. The average molecular weight is 353 g/mol. The van der Waals surface area contributed by atoms with Gasteiger partial charge in [-0.15, -0.1) is 0 Å².